The van der Waals surface area contributed by atoms with Crippen LogP contribution in [0.2, 0.25) is 0 Å². The molecule has 1 aliphatic heterocycles. The summed E-state index contributed by atoms with van der Waals surface area (Å²) in [5, 5.41) is 2.97. The predicted octanol–water partition coefficient (Wildman–Crippen LogP) is 4.35. The zero-order valence-corrected chi connectivity index (χ0v) is 16.4. The molecule has 0 aromatic heterocycles. The van der Waals surface area contributed by atoms with Crippen LogP contribution in [0.3, 0.4) is 0 Å². The van der Waals surface area contributed by atoms with E-state index in [9.17, 15) is 14.0 Å². The van der Waals surface area contributed by atoms with Crippen LogP contribution in [0.1, 0.15) is 12.0 Å². The van der Waals surface area contributed by atoms with Gasteiger partial charge in [0.2, 0.25) is 5.91 Å². The lowest BCUT2D eigenvalue weighted by Crippen LogP contribution is -2.45. The van der Waals surface area contributed by atoms with Crippen molar-refractivity contribution >= 4 is 23.3 Å². The summed E-state index contributed by atoms with van der Waals surface area (Å²) in [5.74, 6) is -0.536. The Hall–Kier alpha value is -3.67. The molecule has 0 radical (unpaired) electrons. The van der Waals surface area contributed by atoms with Crippen LogP contribution in [-0.2, 0) is 11.3 Å². The molecule has 1 saturated heterocycles. The Morgan fingerprint density at radius 2 is 1.70 bits per heavy atom. The molecule has 6 heteroatoms. The number of nitrogens with zero attached hydrogens (tertiary/aromatic N) is 2. The van der Waals surface area contributed by atoms with E-state index in [2.05, 4.69) is 5.32 Å². The van der Waals surface area contributed by atoms with Crippen LogP contribution in [0.5, 0.6) is 0 Å². The number of para-hydroxylation sites is 1. The van der Waals surface area contributed by atoms with Crippen molar-refractivity contribution in [1.82, 2.24) is 5.32 Å². The highest BCUT2D eigenvalue weighted by atomic mass is 19.1. The van der Waals surface area contributed by atoms with Crippen LogP contribution in [0.25, 0.3) is 0 Å². The van der Waals surface area contributed by atoms with E-state index in [0.29, 0.717) is 18.8 Å². The van der Waals surface area contributed by atoms with Crippen molar-refractivity contribution in [1.29, 1.82) is 0 Å². The zero-order chi connectivity index (χ0) is 20.9. The second-order valence-corrected chi connectivity index (χ2v) is 7.24. The zero-order valence-electron chi connectivity index (χ0n) is 16.4. The lowest BCUT2D eigenvalue weighted by molar-refractivity contribution is -0.117. The van der Waals surface area contributed by atoms with E-state index in [1.54, 1.807) is 17.0 Å². The molecule has 5 nitrogen and oxygen atoms in total. The van der Waals surface area contributed by atoms with Gasteiger partial charge in [0, 0.05) is 24.3 Å². The molecule has 0 saturated carbocycles. The number of hydrogen-bond acceptors (Lipinski definition) is 2. The number of halogens is 1. The number of anilines is 2. The van der Waals surface area contributed by atoms with Crippen molar-refractivity contribution in [3.05, 3.63) is 96.3 Å². The number of urea groups is 1. The summed E-state index contributed by atoms with van der Waals surface area (Å²) >= 11 is 0. The topological polar surface area (TPSA) is 52.7 Å². The second-order valence-electron chi connectivity index (χ2n) is 7.24. The molecule has 30 heavy (non-hydrogen) atoms. The molecule has 1 N–H and O–H groups in total. The Morgan fingerprint density at radius 1 is 1.00 bits per heavy atom. The normalized spacial score (nSPS) is 15.8. The highest BCUT2D eigenvalue weighted by Gasteiger charge is 2.33. The lowest BCUT2D eigenvalue weighted by Gasteiger charge is -2.25. The number of rotatable bonds is 5. The number of carbonyl (C=O) groups is 2. The molecule has 152 valence electrons. The molecule has 3 aromatic carbocycles. The van der Waals surface area contributed by atoms with Crippen LogP contribution >= 0.6 is 0 Å². The highest BCUT2D eigenvalue weighted by molar-refractivity contribution is 5.98. The van der Waals surface area contributed by atoms with E-state index in [1.807, 2.05) is 60.7 Å². The van der Waals surface area contributed by atoms with Gasteiger partial charge in [0.25, 0.3) is 0 Å². The molecule has 3 aromatic rings. The maximum Gasteiger partial charge on any atom is 0.322 e. The number of amides is 3. The first-order chi connectivity index (χ1) is 14.6. The fraction of sp³-hybridized carbons (Fsp3) is 0.167. The first kappa shape index (κ1) is 19.6. The van der Waals surface area contributed by atoms with Gasteiger partial charge in [-0.15, -0.1) is 0 Å². The van der Waals surface area contributed by atoms with Crippen molar-refractivity contribution in [3.8, 4) is 0 Å². The fourth-order valence-corrected chi connectivity index (χ4v) is 3.60. The van der Waals surface area contributed by atoms with Crippen molar-refractivity contribution in [2.24, 2.45) is 0 Å². The summed E-state index contributed by atoms with van der Waals surface area (Å²) in [7, 11) is 0. The molecule has 1 heterocycles. The minimum atomic E-state index is -0.397. The monoisotopic (exact) mass is 403 g/mol. The third-order valence-electron chi connectivity index (χ3n) is 5.07. The average molecular weight is 403 g/mol. The maximum absolute atomic E-state index is 13.5. The Balaban J connectivity index is 1.49. The van der Waals surface area contributed by atoms with Gasteiger partial charge in [-0.3, -0.25) is 9.69 Å². The molecule has 1 fully saturated rings. The summed E-state index contributed by atoms with van der Waals surface area (Å²) < 4.78 is 13.5. The molecular formula is C24H22FN3O2. The van der Waals surface area contributed by atoms with Gasteiger partial charge in [-0.2, -0.15) is 0 Å². The standard InChI is InChI=1S/C24H22FN3O2/c25-19-10-7-13-22(14-19)27-17-20(15-23(27)29)26-24(30)28(21-11-5-2-6-12-21)16-18-8-3-1-4-9-18/h1-14,20H,15-17H2,(H,26,30)/t20-/m1/s1. The Morgan fingerprint density at radius 3 is 2.40 bits per heavy atom. The quantitative estimate of drug-likeness (QED) is 0.689. The van der Waals surface area contributed by atoms with E-state index in [-0.39, 0.29) is 24.4 Å². The van der Waals surface area contributed by atoms with E-state index >= 15 is 0 Å². The van der Waals surface area contributed by atoms with Gasteiger partial charge in [-0.05, 0) is 35.9 Å². The number of hydrogen-bond donors (Lipinski definition) is 1. The molecule has 0 unspecified atom stereocenters. The number of benzene rings is 3. The van der Waals surface area contributed by atoms with Gasteiger partial charge in [-0.1, -0.05) is 54.6 Å². The van der Waals surface area contributed by atoms with E-state index in [1.165, 1.54) is 17.0 Å². The predicted molar refractivity (Wildman–Crippen MR) is 115 cm³/mol. The lowest BCUT2D eigenvalue weighted by atomic mass is 10.2. The molecule has 0 bridgehead atoms. The van der Waals surface area contributed by atoms with Crippen LogP contribution in [0, 0.1) is 5.82 Å². The smallest absolute Gasteiger partial charge is 0.322 e. The maximum atomic E-state index is 13.5. The third kappa shape index (κ3) is 4.49. The first-order valence-electron chi connectivity index (χ1n) is 9.83. The van der Waals surface area contributed by atoms with Gasteiger partial charge >= 0.3 is 6.03 Å². The largest absolute Gasteiger partial charge is 0.333 e. The van der Waals surface area contributed by atoms with Crippen molar-refractivity contribution in [3.63, 3.8) is 0 Å². The molecule has 0 spiro atoms. The van der Waals surface area contributed by atoms with Gasteiger partial charge in [0.15, 0.2) is 0 Å². The molecule has 4 rings (SSSR count). The Kier molecular flexibility index (Phi) is 5.75. The fourth-order valence-electron chi connectivity index (χ4n) is 3.60. The Labute approximate surface area is 174 Å². The summed E-state index contributed by atoms with van der Waals surface area (Å²) in [6, 6.07) is 24.4. The molecule has 1 aliphatic rings. The van der Waals surface area contributed by atoms with Gasteiger partial charge in [0.1, 0.15) is 5.82 Å². The number of nitrogens with one attached hydrogen (secondary N) is 1. The van der Waals surface area contributed by atoms with Crippen molar-refractivity contribution < 1.29 is 14.0 Å². The van der Waals surface area contributed by atoms with Crippen LogP contribution in [0.15, 0.2) is 84.9 Å². The minimum Gasteiger partial charge on any atom is -0.333 e. The SMILES string of the molecule is O=C1C[C@@H](NC(=O)N(Cc2ccccc2)c2ccccc2)CN1c1cccc(F)c1. The highest BCUT2D eigenvalue weighted by Crippen LogP contribution is 2.23. The van der Waals surface area contributed by atoms with Crippen molar-refractivity contribution in [2.75, 3.05) is 16.3 Å². The molecular weight excluding hydrogens is 381 g/mol. The summed E-state index contributed by atoms with van der Waals surface area (Å²) in [6.45, 7) is 0.715. The van der Waals surface area contributed by atoms with E-state index in [0.717, 1.165) is 11.3 Å². The molecule has 3 amide bonds. The second kappa shape index (κ2) is 8.78. The molecule has 0 aliphatic carbocycles. The van der Waals surface area contributed by atoms with Crippen LogP contribution in [-0.4, -0.2) is 24.5 Å². The van der Waals surface area contributed by atoms with Gasteiger partial charge in [-0.25, -0.2) is 9.18 Å². The van der Waals surface area contributed by atoms with E-state index < -0.39 is 5.82 Å². The first-order valence-corrected chi connectivity index (χ1v) is 9.83. The minimum absolute atomic E-state index is 0.139. The summed E-state index contributed by atoms with van der Waals surface area (Å²) in [6.07, 6.45) is 0.177. The van der Waals surface area contributed by atoms with Crippen LogP contribution < -0.4 is 15.1 Å². The average Bonchev–Trinajstić information content (AvgIpc) is 3.13. The van der Waals surface area contributed by atoms with E-state index in [4.69, 9.17) is 0 Å². The van der Waals surface area contributed by atoms with Crippen molar-refractivity contribution in [2.45, 2.75) is 19.0 Å². The third-order valence-corrected chi connectivity index (χ3v) is 5.07. The van der Waals surface area contributed by atoms with Gasteiger partial charge in [0.05, 0.1) is 12.6 Å². The number of carbonyl (C=O) groups excluding carboxylic acids is 2. The summed E-state index contributed by atoms with van der Waals surface area (Å²) in [5.41, 5.74) is 2.27. The summed E-state index contributed by atoms with van der Waals surface area (Å²) in [4.78, 5) is 28.7. The Bertz CT molecular complexity index is 1030. The van der Waals surface area contributed by atoms with Gasteiger partial charge < -0.3 is 10.2 Å². The van der Waals surface area contributed by atoms with Crippen LogP contribution in [0.4, 0.5) is 20.6 Å². The molecule has 1 atom stereocenters.